The van der Waals surface area contributed by atoms with Gasteiger partial charge in [-0.15, -0.1) is 0 Å². The van der Waals surface area contributed by atoms with Gasteiger partial charge in [0.05, 0.1) is 9.52 Å². The van der Waals surface area contributed by atoms with Crippen molar-refractivity contribution in [3.8, 4) is 0 Å². The van der Waals surface area contributed by atoms with Crippen molar-refractivity contribution >= 4 is 26.2 Å². The second-order valence-electron chi connectivity index (χ2n) is 6.64. The Kier molecular flexibility index (Phi) is 6.16. The van der Waals surface area contributed by atoms with Crippen molar-refractivity contribution < 1.29 is 9.22 Å². The smallest absolute Gasteiger partial charge is 0.186 e. The van der Waals surface area contributed by atoms with E-state index in [1.165, 1.54) is 12.1 Å². The third-order valence-corrected chi connectivity index (χ3v) is 10.4. The van der Waals surface area contributed by atoms with E-state index in [1.807, 2.05) is 13.1 Å². The summed E-state index contributed by atoms with van der Waals surface area (Å²) in [6.45, 7) is 15.4. The Bertz CT molecular complexity index is 210. The quantitative estimate of drug-likeness (QED) is 0.726. The van der Waals surface area contributed by atoms with Crippen LogP contribution in [0.4, 0.5) is 0 Å². The molecule has 0 spiro atoms. The van der Waals surface area contributed by atoms with Gasteiger partial charge in [-0.3, -0.25) is 0 Å². The number of rotatable bonds is 7. The van der Waals surface area contributed by atoms with Crippen LogP contribution in [0.25, 0.3) is 0 Å². The highest BCUT2D eigenvalue weighted by Crippen LogP contribution is 2.21. The van der Waals surface area contributed by atoms with E-state index in [9.17, 15) is 4.80 Å². The lowest BCUT2D eigenvalue weighted by Gasteiger charge is -2.35. The lowest BCUT2D eigenvalue weighted by Crippen LogP contribution is -2.44. The maximum Gasteiger partial charge on any atom is 0.186 e. The lowest BCUT2D eigenvalue weighted by molar-refractivity contribution is 0.183. The fourth-order valence-electron chi connectivity index (χ4n) is 1.82. The van der Waals surface area contributed by atoms with Crippen molar-refractivity contribution in [2.45, 2.75) is 70.3 Å². The van der Waals surface area contributed by atoms with Crippen molar-refractivity contribution in [3.63, 3.8) is 0 Å². The Morgan fingerprint density at radius 1 is 1.19 bits per heavy atom. The van der Waals surface area contributed by atoms with Crippen LogP contribution in [0, 0.1) is 0 Å². The van der Waals surface area contributed by atoms with Crippen LogP contribution in [0.2, 0.25) is 44.3 Å². The molecule has 0 bridgehead atoms. The largest absolute Gasteiger partial charge is 0.432 e. The maximum absolute atomic E-state index is 9.82. The molecule has 0 aromatic rings. The highest BCUT2D eigenvalue weighted by Gasteiger charge is 2.30. The number of hydrogen-bond acceptors (Lipinski definition) is 2. The second kappa shape index (κ2) is 5.95. The fourth-order valence-corrected chi connectivity index (χ4v) is 10.1. The van der Waals surface area contributed by atoms with Crippen LogP contribution in [0.3, 0.4) is 0 Å². The molecule has 0 aliphatic carbocycles. The first-order chi connectivity index (χ1) is 6.97. The van der Waals surface area contributed by atoms with Gasteiger partial charge in [0.15, 0.2) is 16.6 Å². The summed E-state index contributed by atoms with van der Waals surface area (Å²) in [5.74, 6) is 0. The Hall–Kier alpha value is 0.571. The van der Waals surface area contributed by atoms with Crippen LogP contribution in [0.1, 0.15) is 20.8 Å². The first-order valence-corrected chi connectivity index (χ1v) is 14.4. The Labute approximate surface area is 106 Å². The Balaban J connectivity index is 4.06. The predicted octanol–water partition coefficient (Wildman–Crippen LogP) is 2.75. The monoisotopic (exact) mass is 278 g/mol. The second-order valence-corrected chi connectivity index (χ2v) is 18.1. The molecule has 0 unspecified atom stereocenters. The highest BCUT2D eigenvalue weighted by atomic mass is 28.4. The van der Waals surface area contributed by atoms with Gasteiger partial charge in [-0.1, -0.05) is 13.0 Å². The van der Waals surface area contributed by atoms with E-state index in [0.29, 0.717) is 0 Å². The molecule has 0 aliphatic rings. The summed E-state index contributed by atoms with van der Waals surface area (Å²) in [4.78, 5) is 9.82. The normalized spacial score (nSPS) is 15.0. The van der Waals surface area contributed by atoms with E-state index in [1.54, 1.807) is 0 Å². The predicted molar refractivity (Wildman–Crippen MR) is 81.0 cm³/mol. The zero-order valence-electron chi connectivity index (χ0n) is 12.2. The molecule has 1 N–H and O–H groups in total. The average molecular weight is 279 g/mol. The zero-order chi connectivity index (χ0) is 13.0. The van der Waals surface area contributed by atoms with E-state index in [4.69, 9.17) is 4.43 Å². The SMILES string of the molecule is CC[Si](C)(C)OC(C)(C)[SiH2]CC[Si](C)(C)O. The lowest BCUT2D eigenvalue weighted by atomic mass is 10.5. The molecule has 0 atom stereocenters. The van der Waals surface area contributed by atoms with Gasteiger partial charge in [0.25, 0.3) is 0 Å². The van der Waals surface area contributed by atoms with Gasteiger partial charge in [0, 0.05) is 5.22 Å². The number of hydrogen-bond donors (Lipinski definition) is 1. The van der Waals surface area contributed by atoms with Gasteiger partial charge in [-0.25, -0.2) is 0 Å². The van der Waals surface area contributed by atoms with Crippen LogP contribution < -0.4 is 0 Å². The average Bonchev–Trinajstić information content (AvgIpc) is 1.99. The molecule has 16 heavy (non-hydrogen) atoms. The third kappa shape index (κ3) is 8.69. The molecule has 0 radical (unpaired) electrons. The van der Waals surface area contributed by atoms with Crippen molar-refractivity contribution in [1.82, 2.24) is 0 Å². The molecule has 0 aromatic carbocycles. The topological polar surface area (TPSA) is 29.5 Å². The van der Waals surface area contributed by atoms with Crippen molar-refractivity contribution in [2.75, 3.05) is 0 Å². The van der Waals surface area contributed by atoms with Crippen LogP contribution in [0.15, 0.2) is 0 Å². The summed E-state index contributed by atoms with van der Waals surface area (Å²) in [6.07, 6.45) is 0. The summed E-state index contributed by atoms with van der Waals surface area (Å²) in [5, 5.41) is 0.116. The molecule has 0 heterocycles. The van der Waals surface area contributed by atoms with E-state index >= 15 is 0 Å². The summed E-state index contributed by atoms with van der Waals surface area (Å²) < 4.78 is 6.32. The van der Waals surface area contributed by atoms with E-state index in [-0.39, 0.29) is 14.7 Å². The molecule has 0 aromatic heterocycles. The van der Waals surface area contributed by atoms with Gasteiger partial charge in [0.1, 0.15) is 0 Å². The molecule has 5 heteroatoms. The van der Waals surface area contributed by atoms with E-state index in [2.05, 4.69) is 33.9 Å². The van der Waals surface area contributed by atoms with Gasteiger partial charge >= 0.3 is 0 Å². The van der Waals surface area contributed by atoms with Crippen LogP contribution >= 0.6 is 0 Å². The third-order valence-electron chi connectivity index (χ3n) is 2.97. The minimum Gasteiger partial charge on any atom is -0.432 e. The van der Waals surface area contributed by atoms with Crippen molar-refractivity contribution in [3.05, 3.63) is 0 Å². The maximum atomic E-state index is 9.82. The molecule has 0 saturated carbocycles. The van der Waals surface area contributed by atoms with Crippen LogP contribution in [-0.4, -0.2) is 36.2 Å². The molecular weight excluding hydrogens is 248 g/mol. The zero-order valence-corrected chi connectivity index (χ0v) is 15.6. The van der Waals surface area contributed by atoms with Gasteiger partial charge < -0.3 is 9.22 Å². The Morgan fingerprint density at radius 2 is 1.69 bits per heavy atom. The first kappa shape index (κ1) is 16.6. The minimum absolute atomic E-state index is 0.116. The van der Waals surface area contributed by atoms with Gasteiger partial charge in [-0.05, 0) is 52.1 Å². The van der Waals surface area contributed by atoms with Crippen LogP contribution in [-0.2, 0) is 4.43 Å². The summed E-state index contributed by atoms with van der Waals surface area (Å²) in [7, 11) is -3.50. The molecule has 98 valence electrons. The molecule has 2 nitrogen and oxygen atoms in total. The van der Waals surface area contributed by atoms with Crippen molar-refractivity contribution in [2.24, 2.45) is 0 Å². The standard InChI is InChI=1S/C11H30O2Si3/c1-8-16(6,7)13-11(2,3)14-9-10-15(4,5)12/h12H,8-10,14H2,1-7H3. The summed E-state index contributed by atoms with van der Waals surface area (Å²) in [6, 6.07) is 3.45. The molecule has 0 saturated heterocycles. The molecule has 0 fully saturated rings. The van der Waals surface area contributed by atoms with E-state index in [0.717, 1.165) is 6.04 Å². The summed E-state index contributed by atoms with van der Waals surface area (Å²) >= 11 is 0. The van der Waals surface area contributed by atoms with E-state index < -0.39 is 16.6 Å². The first-order valence-electron chi connectivity index (χ1n) is 6.40. The Morgan fingerprint density at radius 3 is 2.06 bits per heavy atom. The fraction of sp³-hybridized carbons (Fsp3) is 1.00. The summed E-state index contributed by atoms with van der Waals surface area (Å²) in [5.41, 5.74) is 0. The molecule has 0 aliphatic heterocycles. The minimum atomic E-state index is -1.83. The molecule has 0 amide bonds. The van der Waals surface area contributed by atoms with Gasteiger partial charge in [-0.2, -0.15) is 0 Å². The highest BCUT2D eigenvalue weighted by molar-refractivity contribution is 6.72. The van der Waals surface area contributed by atoms with Gasteiger partial charge in [0.2, 0.25) is 0 Å². The van der Waals surface area contributed by atoms with Crippen LogP contribution in [0.5, 0.6) is 0 Å². The van der Waals surface area contributed by atoms with Crippen molar-refractivity contribution in [1.29, 1.82) is 0 Å². The molecular formula is C11H30O2Si3. The molecule has 0 rings (SSSR count).